The van der Waals surface area contributed by atoms with E-state index in [1.807, 2.05) is 6.08 Å². The predicted octanol–water partition coefficient (Wildman–Crippen LogP) is 2.78. The fraction of sp³-hybridized carbons (Fsp3) is 0.625. The number of allylic oxidation sites excluding steroid dienone is 1. The fourth-order valence-electron chi connectivity index (χ4n) is 3.31. The molecule has 0 spiro atoms. The predicted molar refractivity (Wildman–Crippen MR) is 87.2 cm³/mol. The lowest BCUT2D eigenvalue weighted by atomic mass is 9.89. The lowest BCUT2D eigenvalue weighted by molar-refractivity contribution is -0.109. The zero-order valence-corrected chi connectivity index (χ0v) is 14.1. The van der Waals surface area contributed by atoms with Gasteiger partial charge in [-0.1, -0.05) is 14.5 Å². The van der Waals surface area contributed by atoms with Crippen molar-refractivity contribution in [1.82, 2.24) is 9.83 Å². The molecule has 1 aromatic rings. The molecule has 1 aliphatic heterocycles. The fourth-order valence-corrected chi connectivity index (χ4v) is 3.61. The summed E-state index contributed by atoms with van der Waals surface area (Å²) in [6, 6.07) is 0. The van der Waals surface area contributed by atoms with Crippen molar-refractivity contribution in [3.8, 4) is 0 Å². The van der Waals surface area contributed by atoms with Crippen LogP contribution in [0.4, 0.5) is 0 Å². The third kappa shape index (κ3) is 3.26. The second-order valence-electron chi connectivity index (χ2n) is 6.19. The largest absolute Gasteiger partial charge is 0.501 e. The van der Waals surface area contributed by atoms with Crippen molar-refractivity contribution in [2.75, 3.05) is 20.2 Å². The highest BCUT2D eigenvalue weighted by molar-refractivity contribution is 7.13. The maximum Gasteiger partial charge on any atom is 0.154 e. The molecule has 0 saturated carbocycles. The quantitative estimate of drug-likeness (QED) is 0.616. The van der Waals surface area contributed by atoms with Gasteiger partial charge in [0.15, 0.2) is 5.76 Å². The van der Waals surface area contributed by atoms with Crippen LogP contribution >= 0.6 is 9.39 Å². The molecular formula is C16H23N2O3P. The molecular weight excluding hydrogens is 299 g/mol. The Balaban J connectivity index is 1.70. The van der Waals surface area contributed by atoms with Gasteiger partial charge in [0.1, 0.15) is 6.29 Å². The summed E-state index contributed by atoms with van der Waals surface area (Å²) < 4.78 is 13.1. The summed E-state index contributed by atoms with van der Waals surface area (Å²) in [5.41, 5.74) is 1.92. The van der Waals surface area contributed by atoms with Crippen LogP contribution in [0.2, 0.25) is 0 Å². The number of ether oxygens (including phenoxy) is 1. The average molecular weight is 322 g/mol. The minimum absolute atomic E-state index is 0.267. The first-order chi connectivity index (χ1) is 10.7. The summed E-state index contributed by atoms with van der Waals surface area (Å²) in [7, 11) is 4.42. The molecule has 0 bridgehead atoms. The van der Waals surface area contributed by atoms with Gasteiger partial charge in [-0.05, 0) is 37.7 Å². The van der Waals surface area contributed by atoms with Crippen LogP contribution < -0.4 is 0 Å². The monoisotopic (exact) mass is 322 g/mol. The highest BCUT2D eigenvalue weighted by Gasteiger charge is 2.29. The molecule has 22 heavy (non-hydrogen) atoms. The van der Waals surface area contributed by atoms with Crippen LogP contribution in [0, 0.1) is 5.92 Å². The number of hydrogen-bond donors (Lipinski definition) is 0. The smallest absolute Gasteiger partial charge is 0.154 e. The number of carbonyl (C=O) groups is 1. The van der Waals surface area contributed by atoms with Crippen LogP contribution in [-0.2, 0) is 16.0 Å². The van der Waals surface area contributed by atoms with E-state index in [-0.39, 0.29) is 5.92 Å². The summed E-state index contributed by atoms with van der Waals surface area (Å²) in [5.74, 6) is 2.01. The zero-order valence-electron chi connectivity index (χ0n) is 13.0. The first kappa shape index (κ1) is 15.7. The lowest BCUT2D eigenvalue weighted by Crippen LogP contribution is -2.26. The number of hydrogen-bond acceptors (Lipinski definition) is 5. The summed E-state index contributed by atoms with van der Waals surface area (Å²) in [6.45, 7) is 2.29. The van der Waals surface area contributed by atoms with Crippen molar-refractivity contribution >= 4 is 21.8 Å². The van der Waals surface area contributed by atoms with Crippen LogP contribution in [0.1, 0.15) is 48.6 Å². The Bertz CT molecular complexity index is 562. The Morgan fingerprint density at radius 3 is 2.95 bits per heavy atom. The minimum atomic E-state index is -0.267. The highest BCUT2D eigenvalue weighted by atomic mass is 31.0. The Morgan fingerprint density at radius 1 is 1.50 bits per heavy atom. The summed E-state index contributed by atoms with van der Waals surface area (Å²) in [4.78, 5) is 11.3. The van der Waals surface area contributed by atoms with Gasteiger partial charge >= 0.3 is 0 Å². The Hall–Kier alpha value is -1.19. The Kier molecular flexibility index (Phi) is 4.94. The van der Waals surface area contributed by atoms with Gasteiger partial charge in [-0.25, -0.2) is 0 Å². The molecule has 1 fully saturated rings. The zero-order chi connectivity index (χ0) is 15.5. The average Bonchev–Trinajstić information content (AvgIpc) is 2.96. The first-order valence-electron chi connectivity index (χ1n) is 7.89. The molecule has 1 aromatic heterocycles. The molecule has 120 valence electrons. The lowest BCUT2D eigenvalue weighted by Gasteiger charge is -2.28. The van der Waals surface area contributed by atoms with Crippen molar-refractivity contribution in [3.63, 3.8) is 0 Å². The van der Waals surface area contributed by atoms with Crippen molar-refractivity contribution in [3.05, 3.63) is 22.8 Å². The van der Waals surface area contributed by atoms with Crippen LogP contribution in [0.5, 0.6) is 0 Å². The minimum Gasteiger partial charge on any atom is -0.501 e. The van der Waals surface area contributed by atoms with Crippen molar-refractivity contribution in [2.24, 2.45) is 5.92 Å². The van der Waals surface area contributed by atoms with Crippen LogP contribution in [-0.4, -0.2) is 36.3 Å². The van der Waals surface area contributed by atoms with Crippen LogP contribution in [0.25, 0.3) is 6.08 Å². The Labute approximate surface area is 133 Å². The molecule has 1 saturated heterocycles. The first-order valence-corrected chi connectivity index (χ1v) is 8.40. The summed E-state index contributed by atoms with van der Waals surface area (Å²) >= 11 is 0. The number of fused-ring (bicyclic) bond motifs is 1. The van der Waals surface area contributed by atoms with Gasteiger partial charge in [0.25, 0.3) is 0 Å². The molecule has 1 aliphatic carbocycles. The third-order valence-corrected chi connectivity index (χ3v) is 5.28. The topological polar surface area (TPSA) is 55.6 Å². The number of piperidine rings is 1. The van der Waals surface area contributed by atoms with Gasteiger partial charge in [0, 0.05) is 25.1 Å². The molecule has 2 aliphatic rings. The number of aromatic nitrogens is 1. The molecule has 0 amide bonds. The van der Waals surface area contributed by atoms with E-state index in [1.165, 1.54) is 12.8 Å². The van der Waals surface area contributed by atoms with Crippen LogP contribution in [0.3, 0.4) is 0 Å². The van der Waals surface area contributed by atoms with E-state index >= 15 is 0 Å². The van der Waals surface area contributed by atoms with E-state index < -0.39 is 0 Å². The second-order valence-corrected chi connectivity index (χ2v) is 6.92. The van der Waals surface area contributed by atoms with E-state index in [0.29, 0.717) is 12.2 Å². The number of methoxy groups -OCH3 is 1. The van der Waals surface area contributed by atoms with Gasteiger partial charge in [-0.15, -0.1) is 0 Å². The molecule has 2 unspecified atom stereocenters. The molecule has 0 N–H and O–H groups in total. The molecule has 2 heterocycles. The van der Waals surface area contributed by atoms with Gasteiger partial charge in [0.2, 0.25) is 0 Å². The molecule has 5 nitrogen and oxygen atoms in total. The van der Waals surface area contributed by atoms with E-state index in [0.717, 1.165) is 55.2 Å². The van der Waals surface area contributed by atoms with Gasteiger partial charge < -0.3 is 14.1 Å². The SMILES string of the molecule is COC1=Cc2c(CCC3CCN(P)CC3)noc2C(C=O)C1. The van der Waals surface area contributed by atoms with E-state index in [2.05, 4.69) is 19.2 Å². The molecule has 0 aromatic carbocycles. The van der Waals surface area contributed by atoms with Crippen molar-refractivity contribution < 1.29 is 14.1 Å². The van der Waals surface area contributed by atoms with Crippen molar-refractivity contribution in [1.29, 1.82) is 0 Å². The molecule has 6 heteroatoms. The van der Waals surface area contributed by atoms with Crippen LogP contribution in [0.15, 0.2) is 10.3 Å². The molecule has 0 radical (unpaired) electrons. The van der Waals surface area contributed by atoms with Gasteiger partial charge in [-0.2, -0.15) is 0 Å². The standard InChI is InChI=1S/C16H23N2O3P/c1-20-13-8-12(10-19)16-14(9-13)15(17-21-16)3-2-11-4-6-18(22)7-5-11/h9-12H,2-8,22H2,1H3. The normalized spacial score (nSPS) is 23.0. The van der Waals surface area contributed by atoms with Gasteiger partial charge in [0.05, 0.1) is 24.5 Å². The number of nitrogens with zero attached hydrogens (tertiary/aromatic N) is 2. The second kappa shape index (κ2) is 6.93. The third-order valence-electron chi connectivity index (χ3n) is 4.76. The number of carbonyl (C=O) groups excluding carboxylic acids is 1. The summed E-state index contributed by atoms with van der Waals surface area (Å²) in [6.07, 6.45) is 7.97. The van der Waals surface area contributed by atoms with E-state index in [4.69, 9.17) is 9.26 Å². The maximum atomic E-state index is 11.3. The van der Waals surface area contributed by atoms with Gasteiger partial charge in [-0.3, -0.25) is 4.67 Å². The highest BCUT2D eigenvalue weighted by Crippen LogP contribution is 2.35. The number of aldehydes is 1. The number of aryl methyl sites for hydroxylation is 1. The molecule has 3 rings (SSSR count). The Morgan fingerprint density at radius 2 is 2.27 bits per heavy atom. The molecule has 2 atom stereocenters. The number of rotatable bonds is 5. The van der Waals surface area contributed by atoms with E-state index in [1.54, 1.807) is 7.11 Å². The maximum absolute atomic E-state index is 11.3. The summed E-state index contributed by atoms with van der Waals surface area (Å²) in [5, 5.41) is 4.22. The van der Waals surface area contributed by atoms with Crippen molar-refractivity contribution in [2.45, 2.75) is 38.0 Å². The van der Waals surface area contributed by atoms with E-state index in [9.17, 15) is 4.79 Å².